The Labute approximate surface area is 146 Å². The molecule has 134 valence electrons. The van der Waals surface area contributed by atoms with E-state index in [0.29, 0.717) is 13.0 Å². The van der Waals surface area contributed by atoms with Crippen LogP contribution in [0.15, 0.2) is 18.7 Å². The van der Waals surface area contributed by atoms with Gasteiger partial charge < -0.3 is 4.55 Å². The SMILES string of the molecule is O=S(=O)([O-])CCC[n+]1ccn(CCCCCCCCCCS)c1. The fourth-order valence-electron chi connectivity index (χ4n) is 2.59. The standard InChI is InChI=1S/C16H30N2O3S2/c19-23(20,21)15-9-11-18-13-12-17(16-18)10-7-5-3-1-2-4-6-8-14-22/h12-13,16H,1-11,14-15H2,(H-,19,20,21,22). The zero-order chi connectivity index (χ0) is 17.0. The Balaban J connectivity index is 2.03. The van der Waals surface area contributed by atoms with Gasteiger partial charge in [0.1, 0.15) is 12.4 Å². The van der Waals surface area contributed by atoms with Crippen LogP contribution in [0.5, 0.6) is 0 Å². The van der Waals surface area contributed by atoms with Crippen molar-refractivity contribution in [3.05, 3.63) is 18.7 Å². The van der Waals surface area contributed by atoms with E-state index in [0.717, 1.165) is 12.3 Å². The first kappa shape index (κ1) is 20.5. The first-order chi connectivity index (χ1) is 11.0. The first-order valence-corrected chi connectivity index (χ1v) is 10.8. The predicted octanol–water partition coefficient (Wildman–Crippen LogP) is 2.76. The Bertz CT molecular complexity index is 515. The molecule has 0 amide bonds. The molecule has 7 heteroatoms. The molecular weight excluding hydrogens is 332 g/mol. The third kappa shape index (κ3) is 11.6. The molecule has 0 aliphatic heterocycles. The number of nitrogens with zero attached hydrogens (tertiary/aromatic N) is 2. The molecule has 1 heterocycles. The van der Waals surface area contributed by atoms with Crippen molar-refractivity contribution in [2.45, 2.75) is 70.9 Å². The topological polar surface area (TPSA) is 66.0 Å². The van der Waals surface area contributed by atoms with Crippen molar-refractivity contribution < 1.29 is 17.5 Å². The highest BCUT2D eigenvalue weighted by Crippen LogP contribution is 2.09. The Kier molecular flexibility index (Phi) is 10.6. The van der Waals surface area contributed by atoms with Gasteiger partial charge in [-0.3, -0.25) is 0 Å². The van der Waals surface area contributed by atoms with Gasteiger partial charge in [0.05, 0.1) is 23.2 Å². The maximum atomic E-state index is 10.6. The third-order valence-electron chi connectivity index (χ3n) is 3.88. The average molecular weight is 363 g/mol. The van der Waals surface area contributed by atoms with Gasteiger partial charge in [0, 0.05) is 5.75 Å². The molecule has 0 aliphatic carbocycles. The van der Waals surface area contributed by atoms with Crippen molar-refractivity contribution >= 4 is 22.7 Å². The lowest BCUT2D eigenvalue weighted by molar-refractivity contribution is -0.696. The van der Waals surface area contributed by atoms with E-state index in [-0.39, 0.29) is 5.75 Å². The van der Waals surface area contributed by atoms with Crippen molar-refractivity contribution in [2.75, 3.05) is 11.5 Å². The van der Waals surface area contributed by atoms with E-state index in [1.807, 2.05) is 23.3 Å². The number of rotatable bonds is 14. The van der Waals surface area contributed by atoms with Crippen LogP contribution < -0.4 is 4.57 Å². The first-order valence-electron chi connectivity index (χ1n) is 8.60. The Morgan fingerprint density at radius 2 is 1.57 bits per heavy atom. The largest absolute Gasteiger partial charge is 0.748 e. The van der Waals surface area contributed by atoms with E-state index in [4.69, 9.17) is 0 Å². The summed E-state index contributed by atoms with van der Waals surface area (Å²) in [7, 11) is -4.09. The molecule has 5 nitrogen and oxygen atoms in total. The molecule has 0 fully saturated rings. The third-order valence-corrected chi connectivity index (χ3v) is 4.99. The van der Waals surface area contributed by atoms with Crippen LogP contribution in [-0.4, -0.2) is 29.0 Å². The molecule has 0 aliphatic rings. The van der Waals surface area contributed by atoms with Crippen LogP contribution in [-0.2, 0) is 23.2 Å². The number of unbranched alkanes of at least 4 members (excludes halogenated alkanes) is 7. The molecule has 23 heavy (non-hydrogen) atoms. The lowest BCUT2D eigenvalue weighted by Gasteiger charge is -2.04. The number of imidazole rings is 1. The lowest BCUT2D eigenvalue weighted by atomic mass is 10.1. The highest BCUT2D eigenvalue weighted by molar-refractivity contribution is 7.85. The molecule has 0 radical (unpaired) electrons. The highest BCUT2D eigenvalue weighted by atomic mass is 32.2. The lowest BCUT2D eigenvalue weighted by Crippen LogP contribution is -2.32. The summed E-state index contributed by atoms with van der Waals surface area (Å²) >= 11 is 4.21. The normalized spacial score (nSPS) is 11.9. The van der Waals surface area contributed by atoms with Gasteiger partial charge in [-0.15, -0.1) is 0 Å². The second-order valence-corrected chi connectivity index (χ2v) is 8.03. The van der Waals surface area contributed by atoms with Gasteiger partial charge >= 0.3 is 0 Å². The van der Waals surface area contributed by atoms with Crippen molar-refractivity contribution in [3.63, 3.8) is 0 Å². The van der Waals surface area contributed by atoms with Crippen molar-refractivity contribution in [3.8, 4) is 0 Å². The predicted molar refractivity (Wildman–Crippen MR) is 94.6 cm³/mol. The minimum atomic E-state index is -4.09. The summed E-state index contributed by atoms with van der Waals surface area (Å²) in [5.41, 5.74) is 0. The zero-order valence-electron chi connectivity index (χ0n) is 13.9. The molecule has 1 aromatic rings. The van der Waals surface area contributed by atoms with Crippen LogP contribution in [0.2, 0.25) is 0 Å². The molecule has 0 N–H and O–H groups in total. The van der Waals surface area contributed by atoms with E-state index in [9.17, 15) is 13.0 Å². The summed E-state index contributed by atoms with van der Waals surface area (Å²) in [4.78, 5) is 0. The molecule has 0 saturated heterocycles. The molecule has 1 aromatic heterocycles. The van der Waals surface area contributed by atoms with Gasteiger partial charge in [-0.1, -0.05) is 32.1 Å². The second-order valence-electron chi connectivity index (χ2n) is 6.06. The summed E-state index contributed by atoms with van der Waals surface area (Å²) in [5.74, 6) is 0.711. The van der Waals surface area contributed by atoms with E-state index in [2.05, 4.69) is 17.2 Å². The Morgan fingerprint density at radius 1 is 0.957 bits per heavy atom. The highest BCUT2D eigenvalue weighted by Gasteiger charge is 2.04. The van der Waals surface area contributed by atoms with Gasteiger partial charge in [-0.05, 0) is 31.4 Å². The van der Waals surface area contributed by atoms with Crippen molar-refractivity contribution in [1.29, 1.82) is 0 Å². The fourth-order valence-corrected chi connectivity index (χ4v) is 3.30. The van der Waals surface area contributed by atoms with E-state index < -0.39 is 10.1 Å². The van der Waals surface area contributed by atoms with Crippen LogP contribution in [0.25, 0.3) is 0 Å². The van der Waals surface area contributed by atoms with E-state index >= 15 is 0 Å². The summed E-state index contributed by atoms with van der Waals surface area (Å²) in [5, 5.41) is 0. The zero-order valence-corrected chi connectivity index (χ0v) is 15.6. The van der Waals surface area contributed by atoms with Crippen LogP contribution in [0.1, 0.15) is 57.8 Å². The van der Waals surface area contributed by atoms with Gasteiger partial charge in [-0.2, -0.15) is 12.6 Å². The molecule has 0 bridgehead atoms. The molecule has 0 spiro atoms. The minimum absolute atomic E-state index is 0.292. The smallest absolute Gasteiger partial charge is 0.243 e. The fraction of sp³-hybridized carbons (Fsp3) is 0.812. The number of hydrogen-bond donors (Lipinski definition) is 1. The summed E-state index contributed by atoms with van der Waals surface area (Å²) in [6.07, 6.45) is 16.5. The van der Waals surface area contributed by atoms with Gasteiger partial charge in [-0.25, -0.2) is 17.6 Å². The van der Waals surface area contributed by atoms with Crippen LogP contribution in [0.4, 0.5) is 0 Å². The molecular formula is C16H30N2O3S2. The number of hydrogen-bond acceptors (Lipinski definition) is 4. The maximum absolute atomic E-state index is 10.6. The van der Waals surface area contributed by atoms with Crippen molar-refractivity contribution in [1.82, 2.24) is 4.57 Å². The average Bonchev–Trinajstić information content (AvgIpc) is 2.92. The maximum Gasteiger partial charge on any atom is 0.243 e. The summed E-state index contributed by atoms with van der Waals surface area (Å²) in [6.45, 7) is 1.56. The van der Waals surface area contributed by atoms with E-state index in [1.54, 1.807) is 0 Å². The Hall–Kier alpha value is -0.530. The van der Waals surface area contributed by atoms with Crippen molar-refractivity contribution in [2.24, 2.45) is 0 Å². The van der Waals surface area contributed by atoms with Crippen LogP contribution in [0, 0.1) is 0 Å². The number of thiol groups is 1. The number of aryl methyl sites for hydroxylation is 2. The minimum Gasteiger partial charge on any atom is -0.748 e. The Morgan fingerprint density at radius 3 is 2.17 bits per heavy atom. The molecule has 0 aromatic carbocycles. The molecule has 0 saturated carbocycles. The quantitative estimate of drug-likeness (QED) is 0.239. The monoisotopic (exact) mass is 362 g/mol. The molecule has 0 atom stereocenters. The number of aromatic nitrogens is 2. The van der Waals surface area contributed by atoms with Gasteiger partial charge in [0.2, 0.25) is 6.33 Å². The van der Waals surface area contributed by atoms with Crippen LogP contribution in [0.3, 0.4) is 0 Å². The second kappa shape index (κ2) is 11.9. The van der Waals surface area contributed by atoms with Gasteiger partial charge in [0.25, 0.3) is 0 Å². The molecule has 1 rings (SSSR count). The van der Waals surface area contributed by atoms with Gasteiger partial charge in [0.15, 0.2) is 0 Å². The summed E-state index contributed by atoms with van der Waals surface area (Å²) in [6, 6.07) is 0. The van der Waals surface area contributed by atoms with E-state index in [1.165, 1.54) is 51.4 Å². The van der Waals surface area contributed by atoms with Crippen LogP contribution >= 0.6 is 12.6 Å². The molecule has 0 unspecified atom stereocenters. The summed E-state index contributed by atoms with van der Waals surface area (Å²) < 4.78 is 35.7.